The van der Waals surface area contributed by atoms with Crippen LogP contribution in [0.15, 0.2) is 22.7 Å². The molecule has 1 N–H and O–H groups in total. The third-order valence-corrected chi connectivity index (χ3v) is 3.67. The van der Waals surface area contributed by atoms with E-state index in [1.165, 1.54) is 0 Å². The first kappa shape index (κ1) is 17.7. The van der Waals surface area contributed by atoms with Crippen LogP contribution in [0, 0.1) is 27.7 Å². The third kappa shape index (κ3) is 4.01. The van der Waals surface area contributed by atoms with Crippen molar-refractivity contribution in [2.45, 2.75) is 47.1 Å². The van der Waals surface area contributed by atoms with E-state index in [1.54, 1.807) is 19.9 Å². The third-order valence-electron chi connectivity index (χ3n) is 3.67. The molecule has 0 spiro atoms. The van der Waals surface area contributed by atoms with Gasteiger partial charge in [-0.25, -0.2) is 4.79 Å². The number of benzene rings is 1. The number of nitrogens with one attached hydrogen (secondary N) is 1. The number of carbonyl (C=O) groups is 2. The van der Waals surface area contributed by atoms with E-state index >= 15 is 0 Å². The Morgan fingerprint density at radius 3 is 2.29 bits per heavy atom. The summed E-state index contributed by atoms with van der Waals surface area (Å²) in [6.45, 7) is 9.19. The molecule has 24 heavy (non-hydrogen) atoms. The molecule has 6 heteroatoms. The molecule has 0 bridgehead atoms. The Bertz CT molecular complexity index is 741. The number of esters is 1. The molecule has 1 aromatic carbocycles. The predicted octanol–water partition coefficient (Wildman–Crippen LogP) is 3.48. The molecule has 1 heterocycles. The number of nitrogens with zero attached hydrogens (tertiary/aromatic N) is 1. The first-order valence-electron chi connectivity index (χ1n) is 7.84. The van der Waals surface area contributed by atoms with Gasteiger partial charge in [0.05, 0.1) is 5.56 Å². The Hall–Kier alpha value is -2.63. The fourth-order valence-corrected chi connectivity index (χ4v) is 2.64. The molecule has 1 amide bonds. The molecule has 0 radical (unpaired) electrons. The van der Waals surface area contributed by atoms with Gasteiger partial charge in [0.15, 0.2) is 11.9 Å². The molecule has 0 fully saturated rings. The fourth-order valence-electron chi connectivity index (χ4n) is 2.64. The van der Waals surface area contributed by atoms with Gasteiger partial charge in [-0.15, -0.1) is 0 Å². The Balaban J connectivity index is 2.12. The van der Waals surface area contributed by atoms with Gasteiger partial charge in [-0.1, -0.05) is 29.8 Å². The molecular formula is C18H22N2O4. The van der Waals surface area contributed by atoms with E-state index in [1.807, 2.05) is 32.9 Å². The maximum atomic E-state index is 12.5. The summed E-state index contributed by atoms with van der Waals surface area (Å²) < 4.78 is 10.3. The van der Waals surface area contributed by atoms with Crippen molar-refractivity contribution in [2.75, 3.05) is 5.32 Å². The number of carbonyl (C=O) groups excluding carboxylic acids is 2. The average Bonchev–Trinajstić information content (AvgIpc) is 2.88. The van der Waals surface area contributed by atoms with E-state index < -0.39 is 18.0 Å². The van der Waals surface area contributed by atoms with E-state index in [9.17, 15) is 9.59 Å². The molecule has 0 aliphatic rings. The van der Waals surface area contributed by atoms with Crippen LogP contribution in [0.1, 0.15) is 46.2 Å². The molecule has 2 aromatic rings. The van der Waals surface area contributed by atoms with Crippen LogP contribution in [0.3, 0.4) is 0 Å². The summed E-state index contributed by atoms with van der Waals surface area (Å²) in [5.41, 5.74) is 3.25. The highest BCUT2D eigenvalue weighted by atomic mass is 16.5. The van der Waals surface area contributed by atoms with Gasteiger partial charge in [0.1, 0.15) is 5.76 Å². The monoisotopic (exact) mass is 330 g/mol. The fraction of sp³-hybridized carbons (Fsp3) is 0.389. The summed E-state index contributed by atoms with van der Waals surface area (Å²) in [6, 6.07) is 5.44. The van der Waals surface area contributed by atoms with Crippen LogP contribution in [-0.2, 0) is 9.53 Å². The Kier molecular flexibility index (Phi) is 5.39. The first-order chi connectivity index (χ1) is 11.3. The quantitative estimate of drug-likeness (QED) is 0.849. The van der Waals surface area contributed by atoms with Crippen LogP contribution in [0.4, 0.5) is 5.82 Å². The Morgan fingerprint density at radius 2 is 1.79 bits per heavy atom. The average molecular weight is 330 g/mol. The highest BCUT2D eigenvalue weighted by molar-refractivity contribution is 5.98. The van der Waals surface area contributed by atoms with Crippen molar-refractivity contribution < 1.29 is 18.8 Å². The van der Waals surface area contributed by atoms with Crippen LogP contribution in [0.5, 0.6) is 0 Å². The minimum absolute atomic E-state index is 0.301. The summed E-state index contributed by atoms with van der Waals surface area (Å²) in [5.74, 6) is -0.0409. The van der Waals surface area contributed by atoms with Crippen molar-refractivity contribution in [3.05, 3.63) is 46.2 Å². The largest absolute Gasteiger partial charge is 0.449 e. The number of ether oxygens (including phenoxy) is 1. The number of aromatic nitrogens is 1. The summed E-state index contributed by atoms with van der Waals surface area (Å²) in [7, 11) is 0. The highest BCUT2D eigenvalue weighted by Gasteiger charge is 2.24. The second-order valence-electron chi connectivity index (χ2n) is 5.89. The van der Waals surface area contributed by atoms with Gasteiger partial charge in [-0.05, 0) is 45.2 Å². The standard InChI is InChI=1S/C18H22N2O4/c1-6-14(17(21)19-15-9-13(5)24-20-15)23-18(22)16-11(3)7-10(2)8-12(16)4/h7-9,14H,6H2,1-5H3,(H,19,20,21)/t14-/m1/s1. The van der Waals surface area contributed by atoms with Gasteiger partial charge in [0, 0.05) is 6.07 Å². The lowest BCUT2D eigenvalue weighted by Crippen LogP contribution is -2.32. The molecule has 1 aromatic heterocycles. The van der Waals surface area contributed by atoms with Crippen LogP contribution in [-0.4, -0.2) is 23.1 Å². The lowest BCUT2D eigenvalue weighted by molar-refractivity contribution is -0.124. The van der Waals surface area contributed by atoms with Crippen molar-refractivity contribution in [3.8, 4) is 0 Å². The second kappa shape index (κ2) is 7.29. The lowest BCUT2D eigenvalue weighted by atomic mass is 10.00. The summed E-state index contributed by atoms with van der Waals surface area (Å²) in [4.78, 5) is 24.8. The molecule has 0 aliphatic heterocycles. The topological polar surface area (TPSA) is 81.4 Å². The van der Waals surface area contributed by atoms with Gasteiger partial charge in [-0.3, -0.25) is 4.79 Å². The van der Waals surface area contributed by atoms with Crippen molar-refractivity contribution in [2.24, 2.45) is 0 Å². The van der Waals surface area contributed by atoms with Crippen molar-refractivity contribution >= 4 is 17.7 Å². The lowest BCUT2D eigenvalue weighted by Gasteiger charge is -2.17. The second-order valence-corrected chi connectivity index (χ2v) is 5.89. The zero-order valence-electron chi connectivity index (χ0n) is 14.6. The van der Waals surface area contributed by atoms with Crippen molar-refractivity contribution in [1.82, 2.24) is 5.16 Å². The molecule has 1 atom stereocenters. The van der Waals surface area contributed by atoms with E-state index in [0.717, 1.165) is 16.7 Å². The molecule has 6 nitrogen and oxygen atoms in total. The van der Waals surface area contributed by atoms with Gasteiger partial charge >= 0.3 is 5.97 Å². The maximum Gasteiger partial charge on any atom is 0.339 e. The zero-order chi connectivity index (χ0) is 17.9. The molecule has 0 saturated carbocycles. The van der Waals surface area contributed by atoms with Gasteiger partial charge < -0.3 is 14.6 Å². The number of rotatable bonds is 5. The maximum absolute atomic E-state index is 12.5. The number of hydrogen-bond donors (Lipinski definition) is 1. The van der Waals surface area contributed by atoms with Gasteiger partial charge in [0.25, 0.3) is 5.91 Å². The minimum atomic E-state index is -0.894. The smallest absolute Gasteiger partial charge is 0.339 e. The van der Waals surface area contributed by atoms with Crippen molar-refractivity contribution in [3.63, 3.8) is 0 Å². The van der Waals surface area contributed by atoms with Crippen LogP contribution < -0.4 is 5.32 Å². The molecule has 128 valence electrons. The van der Waals surface area contributed by atoms with Crippen LogP contribution in [0.25, 0.3) is 0 Å². The molecule has 0 unspecified atom stereocenters. The summed E-state index contributed by atoms with van der Waals surface area (Å²) in [6.07, 6.45) is -0.534. The Labute approximate surface area is 141 Å². The van der Waals surface area contributed by atoms with E-state index in [0.29, 0.717) is 23.6 Å². The van der Waals surface area contributed by atoms with E-state index in [-0.39, 0.29) is 0 Å². The molecule has 0 aliphatic carbocycles. The SMILES string of the molecule is CC[C@@H](OC(=O)c1c(C)cc(C)cc1C)C(=O)Nc1cc(C)on1. The number of anilines is 1. The first-order valence-corrected chi connectivity index (χ1v) is 7.84. The summed E-state index contributed by atoms with van der Waals surface area (Å²) in [5, 5.41) is 6.29. The number of amides is 1. The molecule has 2 rings (SSSR count). The van der Waals surface area contributed by atoms with E-state index in [4.69, 9.17) is 9.26 Å². The normalized spacial score (nSPS) is 11.9. The predicted molar refractivity (Wildman–Crippen MR) is 90.0 cm³/mol. The van der Waals surface area contributed by atoms with E-state index in [2.05, 4.69) is 10.5 Å². The van der Waals surface area contributed by atoms with Crippen molar-refractivity contribution in [1.29, 1.82) is 0 Å². The minimum Gasteiger partial charge on any atom is -0.449 e. The zero-order valence-corrected chi connectivity index (χ0v) is 14.6. The molecule has 0 saturated heterocycles. The van der Waals surface area contributed by atoms with Crippen LogP contribution >= 0.6 is 0 Å². The Morgan fingerprint density at radius 1 is 1.17 bits per heavy atom. The highest BCUT2D eigenvalue weighted by Crippen LogP contribution is 2.19. The van der Waals surface area contributed by atoms with Crippen LogP contribution in [0.2, 0.25) is 0 Å². The van der Waals surface area contributed by atoms with Gasteiger partial charge in [-0.2, -0.15) is 0 Å². The summed E-state index contributed by atoms with van der Waals surface area (Å²) >= 11 is 0. The number of aryl methyl sites for hydroxylation is 4. The molecular weight excluding hydrogens is 308 g/mol. The van der Waals surface area contributed by atoms with Gasteiger partial charge in [0.2, 0.25) is 0 Å². The number of hydrogen-bond acceptors (Lipinski definition) is 5.